The molecule has 0 bridgehead atoms. The zero-order valence-electron chi connectivity index (χ0n) is 10.8. The van der Waals surface area contributed by atoms with E-state index in [2.05, 4.69) is 44.0 Å². The van der Waals surface area contributed by atoms with Crippen LogP contribution in [-0.2, 0) is 12.8 Å². The van der Waals surface area contributed by atoms with Crippen molar-refractivity contribution in [3.05, 3.63) is 68.1 Å². The molecule has 1 atom stereocenters. The molecule has 0 N–H and O–H groups in total. The molecule has 2 aromatic carbocycles. The number of halogens is 4. The summed E-state index contributed by atoms with van der Waals surface area (Å²) in [5.41, 5.74) is 2.36. The predicted molar refractivity (Wildman–Crippen MR) is 95.3 cm³/mol. The highest BCUT2D eigenvalue weighted by Gasteiger charge is 2.13. The van der Waals surface area contributed by atoms with E-state index >= 15 is 0 Å². The van der Waals surface area contributed by atoms with Crippen LogP contribution in [0.4, 0.5) is 0 Å². The minimum Gasteiger partial charge on any atom is -0.0925 e. The van der Waals surface area contributed by atoms with E-state index < -0.39 is 0 Å². The summed E-state index contributed by atoms with van der Waals surface area (Å²) in [6.07, 6.45) is 1.87. The maximum Gasteiger partial charge on any atom is 0.0449 e. The molecule has 0 saturated carbocycles. The fraction of sp³-hybridized carbons (Fsp3) is 0.250. The monoisotopic (exact) mass is 434 g/mol. The number of rotatable bonds is 5. The van der Waals surface area contributed by atoms with Gasteiger partial charge < -0.3 is 0 Å². The lowest BCUT2D eigenvalue weighted by Crippen LogP contribution is -2.10. The van der Waals surface area contributed by atoms with Crippen molar-refractivity contribution in [3.63, 3.8) is 0 Å². The van der Waals surface area contributed by atoms with Gasteiger partial charge in [-0.15, -0.1) is 0 Å². The van der Waals surface area contributed by atoms with Crippen LogP contribution in [0.25, 0.3) is 0 Å². The summed E-state index contributed by atoms with van der Waals surface area (Å²) in [7, 11) is 0. The zero-order valence-corrected chi connectivity index (χ0v) is 15.4. The van der Waals surface area contributed by atoms with Gasteiger partial charge in [0.05, 0.1) is 0 Å². The Hall–Kier alpha value is -0.0200. The number of hydrogen-bond donors (Lipinski definition) is 0. The van der Waals surface area contributed by atoms with Crippen LogP contribution in [0.3, 0.4) is 0 Å². The summed E-state index contributed by atoms with van der Waals surface area (Å²) in [6, 6.07) is 14.1. The van der Waals surface area contributed by atoms with Gasteiger partial charge >= 0.3 is 0 Å². The zero-order chi connectivity index (χ0) is 14.5. The van der Waals surface area contributed by atoms with E-state index in [1.54, 1.807) is 0 Å². The Labute approximate surface area is 146 Å². The lowest BCUT2D eigenvalue weighted by Gasteiger charge is -2.16. The van der Waals surface area contributed by atoms with Gasteiger partial charge in [-0.2, -0.15) is 0 Å². The second-order valence-electron chi connectivity index (χ2n) is 4.76. The molecule has 0 aliphatic carbocycles. The van der Waals surface area contributed by atoms with Gasteiger partial charge in [0.1, 0.15) is 0 Å². The average Bonchev–Trinajstić information content (AvgIpc) is 2.43. The van der Waals surface area contributed by atoms with Crippen LogP contribution in [0.2, 0.25) is 10.0 Å². The van der Waals surface area contributed by atoms with Crippen LogP contribution in [0.1, 0.15) is 11.1 Å². The first-order valence-corrected chi connectivity index (χ1v) is 9.00. The normalized spacial score (nSPS) is 12.4. The molecule has 0 aliphatic rings. The Kier molecular flexibility index (Phi) is 6.41. The molecular weight excluding hydrogens is 423 g/mol. The van der Waals surface area contributed by atoms with E-state index in [0.29, 0.717) is 5.92 Å². The molecule has 0 radical (unpaired) electrons. The fourth-order valence-corrected chi connectivity index (χ4v) is 3.58. The van der Waals surface area contributed by atoms with Crippen LogP contribution in [-0.4, -0.2) is 5.33 Å². The van der Waals surface area contributed by atoms with Gasteiger partial charge in [-0.3, -0.25) is 0 Å². The second kappa shape index (κ2) is 7.84. The summed E-state index contributed by atoms with van der Waals surface area (Å²) in [4.78, 5) is 0. The highest BCUT2D eigenvalue weighted by Crippen LogP contribution is 2.27. The maximum absolute atomic E-state index is 6.29. The fourth-order valence-electron chi connectivity index (χ4n) is 2.15. The van der Waals surface area contributed by atoms with Gasteiger partial charge in [0.2, 0.25) is 0 Å². The van der Waals surface area contributed by atoms with Crippen LogP contribution in [0, 0.1) is 5.92 Å². The highest BCUT2D eigenvalue weighted by molar-refractivity contribution is 9.10. The molecule has 0 fully saturated rings. The summed E-state index contributed by atoms with van der Waals surface area (Å²) >= 11 is 19.6. The van der Waals surface area contributed by atoms with Gasteiger partial charge in [-0.05, 0) is 48.1 Å². The molecular formula is C16H14Br2Cl2. The summed E-state index contributed by atoms with van der Waals surface area (Å²) in [5, 5.41) is 2.56. The second-order valence-corrected chi connectivity index (χ2v) is 7.13. The molecule has 106 valence electrons. The third-order valence-electron chi connectivity index (χ3n) is 3.21. The molecule has 0 aliphatic heterocycles. The highest BCUT2D eigenvalue weighted by atomic mass is 79.9. The minimum atomic E-state index is 0.466. The smallest absolute Gasteiger partial charge is 0.0449 e. The first kappa shape index (κ1) is 16.4. The van der Waals surface area contributed by atoms with E-state index in [9.17, 15) is 0 Å². The van der Waals surface area contributed by atoms with Crippen molar-refractivity contribution < 1.29 is 0 Å². The summed E-state index contributed by atoms with van der Waals surface area (Å²) < 4.78 is 1.01. The van der Waals surface area contributed by atoms with Gasteiger partial charge in [0.25, 0.3) is 0 Å². The molecule has 0 heterocycles. The molecule has 0 aromatic heterocycles. The van der Waals surface area contributed by atoms with Crippen molar-refractivity contribution in [1.82, 2.24) is 0 Å². The van der Waals surface area contributed by atoms with Crippen LogP contribution >= 0.6 is 55.1 Å². The molecule has 2 aromatic rings. The van der Waals surface area contributed by atoms with Crippen molar-refractivity contribution >= 4 is 55.1 Å². The van der Waals surface area contributed by atoms with Crippen molar-refractivity contribution in [1.29, 1.82) is 0 Å². The van der Waals surface area contributed by atoms with Crippen molar-refractivity contribution in [2.75, 3.05) is 5.33 Å². The molecule has 0 amide bonds. The largest absolute Gasteiger partial charge is 0.0925 e. The van der Waals surface area contributed by atoms with Crippen molar-refractivity contribution in [3.8, 4) is 0 Å². The number of alkyl halides is 1. The Morgan fingerprint density at radius 1 is 0.900 bits per heavy atom. The Balaban J connectivity index is 2.11. The Morgan fingerprint density at radius 3 is 2.15 bits per heavy atom. The van der Waals surface area contributed by atoms with Crippen LogP contribution < -0.4 is 0 Å². The SMILES string of the molecule is Clc1ccccc1CC(CBr)Cc1ccc(Br)cc1Cl. The predicted octanol–water partition coefficient (Wildman–Crippen LogP) is 6.55. The van der Waals surface area contributed by atoms with Crippen molar-refractivity contribution in [2.45, 2.75) is 12.8 Å². The molecule has 1 unspecified atom stereocenters. The Bertz CT molecular complexity index is 584. The molecule has 4 heteroatoms. The molecule has 2 rings (SSSR count). The summed E-state index contributed by atoms with van der Waals surface area (Å²) in [6.45, 7) is 0. The standard InChI is InChI=1S/C16H14Br2Cl2/c17-10-11(7-12-3-1-2-4-15(12)19)8-13-5-6-14(18)9-16(13)20/h1-6,9,11H,7-8,10H2. The molecule has 0 nitrogen and oxygen atoms in total. The van der Waals surface area contributed by atoms with E-state index in [0.717, 1.165) is 32.7 Å². The molecule has 0 saturated heterocycles. The molecule has 20 heavy (non-hydrogen) atoms. The van der Waals surface area contributed by atoms with E-state index in [-0.39, 0.29) is 0 Å². The minimum absolute atomic E-state index is 0.466. The lowest BCUT2D eigenvalue weighted by atomic mass is 9.94. The molecule has 0 spiro atoms. The van der Waals surface area contributed by atoms with Crippen LogP contribution in [0.15, 0.2) is 46.9 Å². The van der Waals surface area contributed by atoms with Gasteiger partial charge in [-0.1, -0.05) is 79.3 Å². The number of benzene rings is 2. The van der Waals surface area contributed by atoms with E-state index in [1.807, 2.05) is 30.3 Å². The topological polar surface area (TPSA) is 0 Å². The van der Waals surface area contributed by atoms with Crippen LogP contribution in [0.5, 0.6) is 0 Å². The van der Waals surface area contributed by atoms with Gasteiger partial charge in [0.15, 0.2) is 0 Å². The van der Waals surface area contributed by atoms with Gasteiger partial charge in [-0.25, -0.2) is 0 Å². The maximum atomic E-state index is 6.29. The van der Waals surface area contributed by atoms with E-state index in [1.165, 1.54) is 11.1 Å². The lowest BCUT2D eigenvalue weighted by molar-refractivity contribution is 0.591. The van der Waals surface area contributed by atoms with Crippen molar-refractivity contribution in [2.24, 2.45) is 5.92 Å². The first-order chi connectivity index (χ1) is 9.60. The average molecular weight is 437 g/mol. The first-order valence-electron chi connectivity index (χ1n) is 6.33. The Morgan fingerprint density at radius 2 is 1.55 bits per heavy atom. The third kappa shape index (κ3) is 4.49. The quantitative estimate of drug-likeness (QED) is 0.466. The number of hydrogen-bond acceptors (Lipinski definition) is 0. The van der Waals surface area contributed by atoms with Gasteiger partial charge in [0, 0.05) is 19.8 Å². The van der Waals surface area contributed by atoms with E-state index in [4.69, 9.17) is 23.2 Å². The third-order valence-corrected chi connectivity index (χ3v) is 5.34. The summed E-state index contributed by atoms with van der Waals surface area (Å²) in [5.74, 6) is 0.466.